The quantitative estimate of drug-likeness (QED) is 0.199. The summed E-state index contributed by atoms with van der Waals surface area (Å²) in [7, 11) is 1.37. The first-order chi connectivity index (χ1) is 19.3. The van der Waals surface area contributed by atoms with Gasteiger partial charge in [-0.15, -0.1) is 0 Å². The fraction of sp³-hybridized carbons (Fsp3) is 0.452. The Morgan fingerprint density at radius 1 is 0.976 bits per heavy atom. The molecule has 41 heavy (non-hydrogen) atoms. The van der Waals surface area contributed by atoms with Crippen LogP contribution in [0.1, 0.15) is 60.4 Å². The molecule has 2 aromatic carbocycles. The Bertz CT molecular complexity index is 1380. The summed E-state index contributed by atoms with van der Waals surface area (Å²) in [4.78, 5) is 14.0. The number of likely N-dealkylation sites (tertiary alicyclic amines) is 1. The van der Waals surface area contributed by atoms with E-state index in [1.807, 2.05) is 18.2 Å². The number of carbonyl (C=O) groups is 1. The number of carbonyl (C=O) groups excluding carboxylic acids is 1. The van der Waals surface area contributed by atoms with Crippen molar-refractivity contribution in [3.05, 3.63) is 75.4 Å². The van der Waals surface area contributed by atoms with Gasteiger partial charge >= 0.3 is 18.3 Å². The van der Waals surface area contributed by atoms with Crippen molar-refractivity contribution in [2.24, 2.45) is 11.8 Å². The Hall–Kier alpha value is -3.27. The number of allylic oxidation sites excluding steroid dienone is 1. The summed E-state index contributed by atoms with van der Waals surface area (Å²) in [5, 5.41) is 0. The molecule has 0 aromatic heterocycles. The normalized spacial score (nSPS) is 19.2. The molecule has 2 heterocycles. The van der Waals surface area contributed by atoms with E-state index in [1.165, 1.54) is 7.11 Å². The number of rotatable bonds is 6. The fourth-order valence-corrected chi connectivity index (χ4v) is 5.87. The van der Waals surface area contributed by atoms with E-state index >= 15 is 0 Å². The fourth-order valence-electron chi connectivity index (χ4n) is 5.87. The molecular formula is C31H31F6NO3. The van der Waals surface area contributed by atoms with Crippen molar-refractivity contribution in [1.82, 2.24) is 4.90 Å². The molecule has 1 saturated carbocycles. The zero-order chi connectivity index (χ0) is 29.5. The van der Waals surface area contributed by atoms with E-state index in [2.05, 4.69) is 6.08 Å². The van der Waals surface area contributed by atoms with E-state index in [-0.39, 0.29) is 24.0 Å². The van der Waals surface area contributed by atoms with E-state index in [1.54, 1.807) is 11.8 Å². The molecule has 3 aliphatic rings. The minimum atomic E-state index is -4.74. The van der Waals surface area contributed by atoms with Gasteiger partial charge in [0.25, 0.3) is 0 Å². The Morgan fingerprint density at radius 3 is 2.29 bits per heavy atom. The number of hydrogen-bond acceptors (Lipinski definition) is 4. The van der Waals surface area contributed by atoms with Crippen molar-refractivity contribution >= 4 is 17.6 Å². The van der Waals surface area contributed by atoms with Crippen LogP contribution >= 0.6 is 0 Å². The Balaban J connectivity index is 1.31. The molecule has 0 atom stereocenters. The maximum atomic E-state index is 13.5. The van der Waals surface area contributed by atoms with E-state index in [0.29, 0.717) is 62.2 Å². The molecule has 220 valence electrons. The lowest BCUT2D eigenvalue weighted by molar-refractivity contribution is -0.142. The van der Waals surface area contributed by atoms with Gasteiger partial charge < -0.3 is 9.47 Å². The summed E-state index contributed by atoms with van der Waals surface area (Å²) >= 11 is 0. The topological polar surface area (TPSA) is 38.8 Å². The zero-order valence-electron chi connectivity index (χ0n) is 22.8. The van der Waals surface area contributed by atoms with Crippen LogP contribution in [0.3, 0.4) is 0 Å². The molecule has 2 aromatic rings. The second-order valence-corrected chi connectivity index (χ2v) is 11.0. The van der Waals surface area contributed by atoms with Crippen LogP contribution in [0.15, 0.2) is 47.5 Å². The van der Waals surface area contributed by atoms with Crippen molar-refractivity contribution in [1.29, 1.82) is 0 Å². The summed E-state index contributed by atoms with van der Waals surface area (Å²) in [6.45, 7) is 2.88. The molecule has 1 aliphatic carbocycles. The highest BCUT2D eigenvalue weighted by atomic mass is 19.4. The van der Waals surface area contributed by atoms with Crippen molar-refractivity contribution < 1.29 is 40.6 Å². The van der Waals surface area contributed by atoms with Gasteiger partial charge in [-0.3, -0.25) is 4.90 Å². The van der Waals surface area contributed by atoms with E-state index in [4.69, 9.17) is 9.47 Å². The van der Waals surface area contributed by atoms with Crippen molar-refractivity contribution in [2.75, 3.05) is 26.8 Å². The van der Waals surface area contributed by atoms with E-state index < -0.39 is 23.5 Å². The first-order valence-electron chi connectivity index (χ1n) is 13.6. The van der Waals surface area contributed by atoms with Gasteiger partial charge in [0.15, 0.2) is 0 Å². The maximum absolute atomic E-state index is 13.5. The van der Waals surface area contributed by atoms with Crippen LogP contribution in [-0.2, 0) is 28.4 Å². The minimum absolute atomic E-state index is 0.141. The zero-order valence-corrected chi connectivity index (χ0v) is 22.8. The molecule has 2 aliphatic heterocycles. The molecule has 0 N–H and O–H groups in total. The van der Waals surface area contributed by atoms with Crippen LogP contribution in [0.5, 0.6) is 5.75 Å². The third-order valence-corrected chi connectivity index (χ3v) is 8.18. The second kappa shape index (κ2) is 11.2. The molecule has 4 nitrogen and oxygen atoms in total. The number of benzene rings is 2. The van der Waals surface area contributed by atoms with Crippen LogP contribution in [0, 0.1) is 11.8 Å². The number of piperidine rings is 1. The lowest BCUT2D eigenvalue weighted by Gasteiger charge is -2.35. The molecule has 0 spiro atoms. The Morgan fingerprint density at radius 2 is 1.68 bits per heavy atom. The van der Waals surface area contributed by atoms with Gasteiger partial charge in [-0.05, 0) is 116 Å². The highest BCUT2D eigenvalue weighted by Gasteiger charge is 2.38. The van der Waals surface area contributed by atoms with Crippen LogP contribution in [0.4, 0.5) is 26.3 Å². The van der Waals surface area contributed by atoms with Gasteiger partial charge in [-0.1, -0.05) is 6.07 Å². The molecule has 1 saturated heterocycles. The number of methoxy groups -OCH3 is 1. The number of nitrogens with zero attached hydrogens (tertiary/aromatic N) is 1. The maximum Gasteiger partial charge on any atom is 0.416 e. The molecule has 0 radical (unpaired) electrons. The van der Waals surface area contributed by atoms with E-state index in [0.717, 1.165) is 40.9 Å². The molecule has 5 rings (SSSR count). The van der Waals surface area contributed by atoms with Crippen LogP contribution in [0.2, 0.25) is 0 Å². The van der Waals surface area contributed by atoms with Gasteiger partial charge in [-0.2, -0.15) is 26.3 Å². The summed E-state index contributed by atoms with van der Waals surface area (Å²) in [5.74, 6) is 0.849. The number of esters is 1. The van der Waals surface area contributed by atoms with Gasteiger partial charge in [-0.25, -0.2) is 4.79 Å². The molecule has 0 amide bonds. The number of halogens is 6. The predicted octanol–water partition coefficient (Wildman–Crippen LogP) is 7.77. The standard InChI is InChI=1S/C31H31F6NO3/c1-18(29(39)40-2)28(20-3-4-20)21-5-8-27-22(13-21)14-24(17-41-27)19-9-11-38(12-10-19)16-23-15-25(30(32,33)34)6-7-26(23)31(35,36)37/h5-8,13-15,19-20H,3-4,9-12,16-17H2,1-2H3/b28-18-. The monoisotopic (exact) mass is 579 g/mol. The lowest BCUT2D eigenvalue weighted by atomic mass is 9.86. The Labute approximate surface area is 234 Å². The number of ether oxygens (including phenoxy) is 2. The highest BCUT2D eigenvalue weighted by molar-refractivity contribution is 5.98. The molecule has 10 heteroatoms. The molecule has 2 fully saturated rings. The second-order valence-electron chi connectivity index (χ2n) is 11.0. The molecule has 0 unspecified atom stereocenters. The third kappa shape index (κ3) is 6.47. The molecular weight excluding hydrogens is 548 g/mol. The number of hydrogen-bond donors (Lipinski definition) is 0. The summed E-state index contributed by atoms with van der Waals surface area (Å²) in [6, 6.07) is 7.51. The SMILES string of the molecule is COC(=O)/C(C)=C(\c1ccc2c(c1)C=C(C1CCN(Cc3cc(C(F)(F)F)ccc3C(F)(F)F)CC1)CO2)C1CC1. The van der Waals surface area contributed by atoms with Crippen LogP contribution in [-0.4, -0.2) is 37.7 Å². The van der Waals surface area contributed by atoms with Gasteiger partial charge in [0.2, 0.25) is 0 Å². The Kier molecular flexibility index (Phi) is 7.98. The molecule has 0 bridgehead atoms. The van der Waals surface area contributed by atoms with E-state index in [9.17, 15) is 31.1 Å². The smallest absolute Gasteiger partial charge is 0.416 e. The van der Waals surface area contributed by atoms with Crippen molar-refractivity contribution in [3.63, 3.8) is 0 Å². The van der Waals surface area contributed by atoms with Gasteiger partial charge in [0, 0.05) is 17.7 Å². The van der Waals surface area contributed by atoms with Gasteiger partial charge in [0.05, 0.1) is 18.2 Å². The summed E-state index contributed by atoms with van der Waals surface area (Å²) in [6.07, 6.45) is -4.03. The average molecular weight is 580 g/mol. The summed E-state index contributed by atoms with van der Waals surface area (Å²) < 4.78 is 91.2. The predicted molar refractivity (Wildman–Crippen MR) is 142 cm³/mol. The average Bonchev–Trinajstić information content (AvgIpc) is 3.77. The third-order valence-electron chi connectivity index (χ3n) is 8.18. The number of fused-ring (bicyclic) bond motifs is 1. The first kappa shape index (κ1) is 29.2. The van der Waals surface area contributed by atoms with Crippen LogP contribution in [0.25, 0.3) is 11.6 Å². The van der Waals surface area contributed by atoms with Crippen molar-refractivity contribution in [3.8, 4) is 5.75 Å². The highest BCUT2D eigenvalue weighted by Crippen LogP contribution is 2.45. The minimum Gasteiger partial charge on any atom is -0.489 e. The first-order valence-corrected chi connectivity index (χ1v) is 13.6. The van der Waals surface area contributed by atoms with Crippen molar-refractivity contribution in [2.45, 2.75) is 51.5 Å². The lowest BCUT2D eigenvalue weighted by Crippen LogP contribution is -2.35. The number of alkyl halides is 6. The largest absolute Gasteiger partial charge is 0.489 e. The van der Waals surface area contributed by atoms with Gasteiger partial charge in [0.1, 0.15) is 12.4 Å². The summed E-state index contributed by atoms with van der Waals surface area (Å²) in [5.41, 5.74) is 2.02. The van der Waals surface area contributed by atoms with Crippen LogP contribution < -0.4 is 4.74 Å².